The lowest BCUT2D eigenvalue weighted by Crippen LogP contribution is -2.42. The summed E-state index contributed by atoms with van der Waals surface area (Å²) in [6, 6.07) is 10.3. The van der Waals surface area contributed by atoms with Crippen molar-refractivity contribution in [3.05, 3.63) is 35.9 Å². The minimum atomic E-state index is -0.0636. The largest absolute Gasteiger partial charge is 0.355 e. The first kappa shape index (κ1) is 30.3. The molecule has 2 N–H and O–H groups in total. The Hall–Kier alpha value is -0.710. The zero-order chi connectivity index (χ0) is 22.7. The standard InChI is InChI=1S/C28H48N2OS.ClH/c1-2-3-4-5-6-7-8-9-10-11-12-13-14-15-16-20-23-29-27(31)26-24-32-28(30-26)25-21-18-17-19-22-25;/h17-19,21-22,26,28,30H,2-16,20,23-24H2,1H3,(H,29,31);1H/t26-,28?;/m1./s1. The monoisotopic (exact) mass is 496 g/mol. The van der Waals surface area contributed by atoms with Gasteiger partial charge < -0.3 is 5.32 Å². The van der Waals surface area contributed by atoms with Crippen molar-refractivity contribution in [2.45, 2.75) is 121 Å². The van der Waals surface area contributed by atoms with Crippen molar-refractivity contribution in [1.82, 2.24) is 10.6 Å². The Kier molecular flexibility index (Phi) is 19.0. The van der Waals surface area contributed by atoms with Gasteiger partial charge in [-0.1, -0.05) is 134 Å². The van der Waals surface area contributed by atoms with Gasteiger partial charge in [-0.2, -0.15) is 0 Å². The summed E-state index contributed by atoms with van der Waals surface area (Å²) in [7, 11) is 0. The van der Waals surface area contributed by atoms with Crippen LogP contribution >= 0.6 is 24.2 Å². The van der Waals surface area contributed by atoms with Gasteiger partial charge in [-0.25, -0.2) is 0 Å². The molecular weight excluding hydrogens is 448 g/mol. The van der Waals surface area contributed by atoms with Crippen molar-refractivity contribution in [1.29, 1.82) is 0 Å². The van der Waals surface area contributed by atoms with Crippen molar-refractivity contribution in [2.24, 2.45) is 0 Å². The second-order valence-electron chi connectivity index (χ2n) is 9.44. The maximum atomic E-state index is 12.4. The molecule has 190 valence electrons. The van der Waals surface area contributed by atoms with E-state index in [2.05, 4.69) is 41.8 Å². The van der Waals surface area contributed by atoms with Crippen LogP contribution in [-0.2, 0) is 4.79 Å². The van der Waals surface area contributed by atoms with Crippen molar-refractivity contribution in [2.75, 3.05) is 12.3 Å². The number of amides is 1. The van der Waals surface area contributed by atoms with E-state index in [4.69, 9.17) is 0 Å². The Bertz CT molecular complexity index is 587. The number of unbranched alkanes of at least 4 members (excludes halogenated alkanes) is 15. The SMILES string of the molecule is CCCCCCCCCCCCCCCCCCNC(=O)[C@H]1CSC(c2ccccc2)N1.Cl. The minimum absolute atomic E-state index is 0. The Balaban J connectivity index is 0.00000544. The third-order valence-corrected chi connectivity index (χ3v) is 7.80. The minimum Gasteiger partial charge on any atom is -0.355 e. The average molecular weight is 497 g/mol. The number of carbonyl (C=O) groups excluding carboxylic acids is 1. The molecule has 1 fully saturated rings. The van der Waals surface area contributed by atoms with Crippen LogP contribution < -0.4 is 10.6 Å². The van der Waals surface area contributed by atoms with E-state index in [1.54, 1.807) is 0 Å². The van der Waals surface area contributed by atoms with Crippen LogP contribution in [0.3, 0.4) is 0 Å². The number of benzene rings is 1. The summed E-state index contributed by atoms with van der Waals surface area (Å²) in [5.41, 5.74) is 1.26. The normalized spacial score (nSPS) is 17.6. The van der Waals surface area contributed by atoms with Gasteiger partial charge in [-0.3, -0.25) is 10.1 Å². The van der Waals surface area contributed by atoms with Crippen LogP contribution in [0.15, 0.2) is 30.3 Å². The van der Waals surface area contributed by atoms with Gasteiger partial charge in [-0.05, 0) is 12.0 Å². The topological polar surface area (TPSA) is 41.1 Å². The van der Waals surface area contributed by atoms with Gasteiger partial charge >= 0.3 is 0 Å². The molecule has 0 spiro atoms. The molecule has 5 heteroatoms. The van der Waals surface area contributed by atoms with E-state index in [-0.39, 0.29) is 29.7 Å². The van der Waals surface area contributed by atoms with Crippen molar-refractivity contribution >= 4 is 30.1 Å². The van der Waals surface area contributed by atoms with Crippen LogP contribution in [-0.4, -0.2) is 24.2 Å². The van der Waals surface area contributed by atoms with Crippen LogP contribution in [0, 0.1) is 0 Å². The fraction of sp³-hybridized carbons (Fsp3) is 0.750. The zero-order valence-corrected chi connectivity index (χ0v) is 22.6. The summed E-state index contributed by atoms with van der Waals surface area (Å²) in [4.78, 5) is 12.4. The second-order valence-corrected chi connectivity index (χ2v) is 10.6. The second kappa shape index (κ2) is 20.6. The highest BCUT2D eigenvalue weighted by atomic mass is 35.5. The number of rotatable bonds is 19. The van der Waals surface area contributed by atoms with E-state index in [1.807, 2.05) is 17.8 Å². The molecule has 1 aliphatic rings. The summed E-state index contributed by atoms with van der Waals surface area (Å²) in [6.45, 7) is 3.10. The molecular formula is C28H49ClN2OS. The first-order valence-electron chi connectivity index (χ1n) is 13.5. The first-order valence-corrected chi connectivity index (χ1v) is 14.6. The molecule has 0 radical (unpaired) electrons. The summed E-state index contributed by atoms with van der Waals surface area (Å²) in [5, 5.41) is 6.83. The molecule has 1 aliphatic heterocycles. The summed E-state index contributed by atoms with van der Waals surface area (Å²) < 4.78 is 0. The van der Waals surface area contributed by atoms with Crippen LogP contribution in [0.5, 0.6) is 0 Å². The van der Waals surface area contributed by atoms with Gasteiger partial charge in [0.25, 0.3) is 0 Å². The van der Waals surface area contributed by atoms with E-state index in [0.29, 0.717) is 0 Å². The number of hydrogen-bond donors (Lipinski definition) is 2. The third kappa shape index (κ3) is 14.3. The highest BCUT2D eigenvalue weighted by Crippen LogP contribution is 2.32. The number of hydrogen-bond acceptors (Lipinski definition) is 3. The Morgan fingerprint density at radius 2 is 1.30 bits per heavy atom. The average Bonchev–Trinajstić information content (AvgIpc) is 3.32. The van der Waals surface area contributed by atoms with E-state index in [0.717, 1.165) is 18.7 Å². The quantitative estimate of drug-likeness (QED) is 0.190. The maximum absolute atomic E-state index is 12.4. The molecule has 3 nitrogen and oxygen atoms in total. The van der Waals surface area contributed by atoms with Gasteiger partial charge in [0.1, 0.15) is 0 Å². The molecule has 1 unspecified atom stereocenters. The highest BCUT2D eigenvalue weighted by molar-refractivity contribution is 7.99. The molecule has 0 aliphatic carbocycles. The number of carbonyl (C=O) groups is 1. The van der Waals surface area contributed by atoms with Crippen LogP contribution in [0.25, 0.3) is 0 Å². The van der Waals surface area contributed by atoms with Gasteiger partial charge in [0.2, 0.25) is 5.91 Å². The molecule has 33 heavy (non-hydrogen) atoms. The van der Waals surface area contributed by atoms with Crippen molar-refractivity contribution < 1.29 is 4.79 Å². The molecule has 1 saturated heterocycles. The molecule has 1 aromatic rings. The molecule has 1 aromatic carbocycles. The van der Waals surface area contributed by atoms with Gasteiger partial charge in [0.05, 0.1) is 11.4 Å². The summed E-state index contributed by atoms with van der Waals surface area (Å²) in [6.07, 6.45) is 22.1. The number of nitrogens with one attached hydrogen (secondary N) is 2. The predicted octanol–water partition coefficient (Wildman–Crippen LogP) is 8.19. The Morgan fingerprint density at radius 3 is 1.82 bits per heavy atom. The molecule has 2 rings (SSSR count). The molecule has 0 aromatic heterocycles. The van der Waals surface area contributed by atoms with Crippen LogP contribution in [0.1, 0.15) is 121 Å². The molecule has 0 saturated carbocycles. The van der Waals surface area contributed by atoms with E-state index in [9.17, 15) is 4.79 Å². The molecule has 1 heterocycles. The Morgan fingerprint density at radius 1 is 0.818 bits per heavy atom. The van der Waals surface area contributed by atoms with Gasteiger partial charge in [0, 0.05) is 12.3 Å². The molecule has 0 bridgehead atoms. The first-order chi connectivity index (χ1) is 15.8. The van der Waals surface area contributed by atoms with Crippen LogP contribution in [0.2, 0.25) is 0 Å². The van der Waals surface area contributed by atoms with E-state index < -0.39 is 0 Å². The lowest BCUT2D eigenvalue weighted by Gasteiger charge is -2.13. The van der Waals surface area contributed by atoms with Gasteiger partial charge in [0.15, 0.2) is 0 Å². The van der Waals surface area contributed by atoms with Crippen LogP contribution in [0.4, 0.5) is 0 Å². The maximum Gasteiger partial charge on any atom is 0.238 e. The fourth-order valence-electron chi connectivity index (χ4n) is 4.45. The van der Waals surface area contributed by atoms with E-state index in [1.165, 1.54) is 102 Å². The lowest BCUT2D eigenvalue weighted by atomic mass is 10.0. The fourth-order valence-corrected chi connectivity index (χ4v) is 5.69. The van der Waals surface area contributed by atoms with E-state index >= 15 is 0 Å². The van der Waals surface area contributed by atoms with Crippen molar-refractivity contribution in [3.8, 4) is 0 Å². The molecule has 2 atom stereocenters. The Labute approximate surface area is 214 Å². The van der Waals surface area contributed by atoms with Crippen molar-refractivity contribution in [3.63, 3.8) is 0 Å². The third-order valence-electron chi connectivity index (χ3n) is 6.53. The highest BCUT2D eigenvalue weighted by Gasteiger charge is 2.30. The zero-order valence-electron chi connectivity index (χ0n) is 21.0. The lowest BCUT2D eigenvalue weighted by molar-refractivity contribution is -0.122. The summed E-state index contributed by atoms with van der Waals surface area (Å²) in [5.74, 6) is 1.02. The predicted molar refractivity (Wildman–Crippen MR) is 148 cm³/mol. The smallest absolute Gasteiger partial charge is 0.238 e. The number of thioether (sulfide) groups is 1. The summed E-state index contributed by atoms with van der Waals surface area (Å²) >= 11 is 1.83. The molecule has 1 amide bonds. The number of halogens is 1. The van der Waals surface area contributed by atoms with Gasteiger partial charge in [-0.15, -0.1) is 24.2 Å².